The van der Waals surface area contributed by atoms with Crippen molar-refractivity contribution in [1.82, 2.24) is 0 Å². The molecule has 102 valence electrons. The van der Waals surface area contributed by atoms with Crippen molar-refractivity contribution in [2.24, 2.45) is 0 Å². The first-order valence-electron chi connectivity index (χ1n) is 6.79. The molecular weight excluding hydrogens is 302 g/mol. The molecule has 0 amide bonds. The molecule has 0 heterocycles. The third-order valence-corrected chi connectivity index (χ3v) is 3.76. The predicted octanol–water partition coefficient (Wildman–Crippen LogP) is 4.76. The maximum atomic E-state index is 5.97. The lowest BCUT2D eigenvalue weighted by Gasteiger charge is -2.10. The molecule has 0 unspecified atom stereocenters. The van der Waals surface area contributed by atoms with Gasteiger partial charge in [0.2, 0.25) is 0 Å². The molecule has 2 N–H and O–H groups in total. The third kappa shape index (κ3) is 3.87. The zero-order valence-corrected chi connectivity index (χ0v) is 12.7. The van der Waals surface area contributed by atoms with E-state index in [9.17, 15) is 0 Å². The molecule has 0 fully saturated rings. The van der Waals surface area contributed by atoms with Crippen LogP contribution < -0.4 is 10.5 Å². The summed E-state index contributed by atoms with van der Waals surface area (Å²) in [6.07, 6.45) is 4.83. The first-order valence-corrected chi connectivity index (χ1v) is 7.91. The number of nitrogen functional groups attached to an aromatic ring is 1. The molecule has 0 aliphatic heterocycles. The van der Waals surface area contributed by atoms with Crippen molar-refractivity contribution in [3.05, 3.63) is 36.4 Å². The summed E-state index contributed by atoms with van der Waals surface area (Å²) in [6, 6.07) is 12.0. The van der Waals surface area contributed by atoms with E-state index < -0.39 is 0 Å². The van der Waals surface area contributed by atoms with Gasteiger partial charge in [-0.25, -0.2) is 0 Å². The molecule has 0 radical (unpaired) electrons. The van der Waals surface area contributed by atoms with Crippen molar-refractivity contribution in [3.8, 4) is 5.75 Å². The quantitative estimate of drug-likeness (QED) is 0.453. The normalized spacial score (nSPS) is 10.8. The maximum Gasteiger partial charge on any atom is 0.127 e. The second kappa shape index (κ2) is 7.39. The van der Waals surface area contributed by atoms with Crippen LogP contribution in [0.1, 0.15) is 25.7 Å². The number of anilines is 1. The number of rotatable bonds is 7. The van der Waals surface area contributed by atoms with Crippen LogP contribution >= 0.6 is 15.9 Å². The highest BCUT2D eigenvalue weighted by Crippen LogP contribution is 2.29. The lowest BCUT2D eigenvalue weighted by molar-refractivity contribution is 0.308. The fraction of sp³-hybridized carbons (Fsp3) is 0.375. The Kier molecular flexibility index (Phi) is 5.52. The molecular formula is C16H20BrNO. The standard InChI is InChI=1S/C16H20BrNO/c17-11-5-1-2-6-12-19-16-10-9-15(18)13-7-3-4-8-14(13)16/h3-4,7-10H,1-2,5-6,11-12,18H2. The lowest BCUT2D eigenvalue weighted by atomic mass is 10.1. The molecule has 19 heavy (non-hydrogen) atoms. The Labute approximate surface area is 123 Å². The van der Waals surface area contributed by atoms with E-state index in [0.29, 0.717) is 0 Å². The number of fused-ring (bicyclic) bond motifs is 1. The van der Waals surface area contributed by atoms with Gasteiger partial charge in [0.05, 0.1) is 6.61 Å². The molecule has 2 aromatic rings. The van der Waals surface area contributed by atoms with Crippen LogP contribution in [0.4, 0.5) is 5.69 Å². The predicted molar refractivity (Wildman–Crippen MR) is 86.1 cm³/mol. The van der Waals surface area contributed by atoms with Gasteiger partial charge in [0.1, 0.15) is 5.75 Å². The van der Waals surface area contributed by atoms with Gasteiger partial charge in [0.25, 0.3) is 0 Å². The molecule has 0 atom stereocenters. The molecule has 0 bridgehead atoms. The first-order chi connectivity index (χ1) is 9.33. The number of hydrogen-bond acceptors (Lipinski definition) is 2. The van der Waals surface area contributed by atoms with Crippen LogP contribution in [-0.4, -0.2) is 11.9 Å². The summed E-state index contributed by atoms with van der Waals surface area (Å²) in [7, 11) is 0. The van der Waals surface area contributed by atoms with Crippen molar-refractivity contribution >= 4 is 32.4 Å². The molecule has 3 heteroatoms. The van der Waals surface area contributed by atoms with Gasteiger partial charge >= 0.3 is 0 Å². The fourth-order valence-electron chi connectivity index (χ4n) is 2.15. The Balaban J connectivity index is 1.96. The van der Waals surface area contributed by atoms with Crippen LogP contribution in [0.3, 0.4) is 0 Å². The summed E-state index contributed by atoms with van der Waals surface area (Å²) in [6.45, 7) is 0.774. The average Bonchev–Trinajstić information content (AvgIpc) is 2.45. The van der Waals surface area contributed by atoms with Crippen LogP contribution in [0.15, 0.2) is 36.4 Å². The Hall–Kier alpha value is -1.22. The number of benzene rings is 2. The average molecular weight is 322 g/mol. The third-order valence-electron chi connectivity index (χ3n) is 3.20. The largest absolute Gasteiger partial charge is 0.493 e. The van der Waals surface area contributed by atoms with Crippen molar-refractivity contribution < 1.29 is 4.74 Å². The van der Waals surface area contributed by atoms with E-state index in [0.717, 1.165) is 40.6 Å². The Morgan fingerprint density at radius 2 is 1.63 bits per heavy atom. The molecule has 0 saturated heterocycles. The van der Waals surface area contributed by atoms with E-state index in [1.54, 1.807) is 0 Å². The van der Waals surface area contributed by atoms with Gasteiger partial charge in [-0.15, -0.1) is 0 Å². The molecule has 0 aromatic heterocycles. The van der Waals surface area contributed by atoms with E-state index in [1.807, 2.05) is 30.3 Å². The van der Waals surface area contributed by atoms with E-state index >= 15 is 0 Å². The molecule has 2 nitrogen and oxygen atoms in total. The van der Waals surface area contributed by atoms with Gasteiger partial charge in [0.15, 0.2) is 0 Å². The fourth-order valence-corrected chi connectivity index (χ4v) is 2.55. The molecule has 2 rings (SSSR count). The van der Waals surface area contributed by atoms with Crippen molar-refractivity contribution in [1.29, 1.82) is 0 Å². The summed E-state index contributed by atoms with van der Waals surface area (Å²) in [4.78, 5) is 0. The highest BCUT2D eigenvalue weighted by molar-refractivity contribution is 9.09. The topological polar surface area (TPSA) is 35.2 Å². The number of hydrogen-bond donors (Lipinski definition) is 1. The summed E-state index contributed by atoms with van der Waals surface area (Å²) in [5, 5.41) is 3.26. The maximum absolute atomic E-state index is 5.97. The lowest BCUT2D eigenvalue weighted by Crippen LogP contribution is -1.99. The van der Waals surface area contributed by atoms with Crippen LogP contribution in [0.5, 0.6) is 5.75 Å². The number of ether oxygens (including phenoxy) is 1. The smallest absolute Gasteiger partial charge is 0.127 e. The molecule has 0 spiro atoms. The highest BCUT2D eigenvalue weighted by Gasteiger charge is 2.04. The van der Waals surface area contributed by atoms with E-state index in [4.69, 9.17) is 10.5 Å². The zero-order chi connectivity index (χ0) is 13.5. The SMILES string of the molecule is Nc1ccc(OCCCCCCBr)c2ccccc12. The minimum atomic E-state index is 0.774. The van der Waals surface area contributed by atoms with E-state index in [-0.39, 0.29) is 0 Å². The molecule has 0 saturated carbocycles. The van der Waals surface area contributed by atoms with E-state index in [2.05, 4.69) is 22.0 Å². The summed E-state index contributed by atoms with van der Waals surface area (Å²) >= 11 is 3.45. The second-order valence-corrected chi connectivity index (χ2v) is 5.44. The first kappa shape index (κ1) is 14.2. The van der Waals surface area contributed by atoms with Gasteiger partial charge in [-0.05, 0) is 25.0 Å². The monoisotopic (exact) mass is 321 g/mol. The number of alkyl halides is 1. The van der Waals surface area contributed by atoms with Crippen LogP contribution in [0.2, 0.25) is 0 Å². The minimum absolute atomic E-state index is 0.774. The minimum Gasteiger partial charge on any atom is -0.493 e. The Bertz CT molecular complexity index is 527. The van der Waals surface area contributed by atoms with E-state index in [1.165, 1.54) is 19.3 Å². The van der Waals surface area contributed by atoms with Crippen LogP contribution in [0.25, 0.3) is 10.8 Å². The van der Waals surface area contributed by atoms with Crippen LogP contribution in [-0.2, 0) is 0 Å². The van der Waals surface area contributed by atoms with Gasteiger partial charge in [-0.2, -0.15) is 0 Å². The van der Waals surface area contributed by atoms with Gasteiger partial charge in [-0.3, -0.25) is 0 Å². The van der Waals surface area contributed by atoms with Gasteiger partial charge < -0.3 is 10.5 Å². The molecule has 0 aliphatic rings. The summed E-state index contributed by atoms with van der Waals surface area (Å²) in [5.41, 5.74) is 6.78. The molecule has 2 aromatic carbocycles. The van der Waals surface area contributed by atoms with Crippen molar-refractivity contribution in [2.45, 2.75) is 25.7 Å². The Morgan fingerprint density at radius 3 is 2.42 bits per heavy atom. The van der Waals surface area contributed by atoms with Crippen LogP contribution in [0, 0.1) is 0 Å². The van der Waals surface area contributed by atoms with Crippen molar-refractivity contribution in [3.63, 3.8) is 0 Å². The highest BCUT2D eigenvalue weighted by atomic mass is 79.9. The number of halogens is 1. The van der Waals surface area contributed by atoms with Crippen molar-refractivity contribution in [2.75, 3.05) is 17.7 Å². The Morgan fingerprint density at radius 1 is 0.895 bits per heavy atom. The van der Waals surface area contributed by atoms with Gasteiger partial charge in [-0.1, -0.05) is 53.0 Å². The summed E-state index contributed by atoms with van der Waals surface area (Å²) in [5.74, 6) is 0.935. The summed E-state index contributed by atoms with van der Waals surface area (Å²) < 4.78 is 5.89. The second-order valence-electron chi connectivity index (χ2n) is 4.65. The molecule has 0 aliphatic carbocycles. The van der Waals surface area contributed by atoms with Gasteiger partial charge in [0, 0.05) is 21.8 Å². The number of nitrogens with two attached hydrogens (primary N) is 1. The number of unbranched alkanes of at least 4 members (excludes halogenated alkanes) is 3. The zero-order valence-electron chi connectivity index (χ0n) is 11.1.